The van der Waals surface area contributed by atoms with Gasteiger partial charge in [-0.3, -0.25) is 0 Å². The highest BCUT2D eigenvalue weighted by Crippen LogP contribution is 2.24. The number of hydrogen-bond donors (Lipinski definition) is 2. The highest BCUT2D eigenvalue weighted by molar-refractivity contribution is 4.89. The molecule has 1 heterocycles. The minimum absolute atomic E-state index is 0.0595. The Labute approximate surface area is 72.1 Å². The summed E-state index contributed by atoms with van der Waals surface area (Å²) in [6, 6.07) is 0. The van der Waals surface area contributed by atoms with Crippen molar-refractivity contribution in [3.8, 4) is 0 Å². The maximum absolute atomic E-state index is 9.52. The van der Waals surface area contributed by atoms with Crippen molar-refractivity contribution >= 4 is 0 Å². The number of aliphatic hydroxyl groups excluding tert-OH is 2. The summed E-state index contributed by atoms with van der Waals surface area (Å²) in [6.45, 7) is 1.86. The molecular weight excluding hydrogens is 160 g/mol. The summed E-state index contributed by atoms with van der Waals surface area (Å²) in [5.74, 6) is 0. The molecule has 12 heavy (non-hydrogen) atoms. The van der Waals surface area contributed by atoms with Crippen LogP contribution in [0, 0.1) is 0 Å². The van der Waals surface area contributed by atoms with Gasteiger partial charge in [-0.15, -0.1) is 0 Å². The van der Waals surface area contributed by atoms with Gasteiger partial charge in [-0.25, -0.2) is 0 Å². The van der Waals surface area contributed by atoms with Crippen molar-refractivity contribution < 1.29 is 19.7 Å². The Morgan fingerprint density at radius 1 is 1.50 bits per heavy atom. The van der Waals surface area contributed by atoms with Crippen molar-refractivity contribution in [1.29, 1.82) is 0 Å². The smallest absolute Gasteiger partial charge is 0.112 e. The molecule has 0 bridgehead atoms. The summed E-state index contributed by atoms with van der Waals surface area (Å²) >= 11 is 0. The van der Waals surface area contributed by atoms with E-state index in [-0.39, 0.29) is 24.9 Å². The molecule has 72 valence electrons. The summed E-state index contributed by atoms with van der Waals surface area (Å²) < 4.78 is 10.5. The molecule has 4 atom stereocenters. The predicted molar refractivity (Wildman–Crippen MR) is 42.8 cm³/mol. The van der Waals surface area contributed by atoms with E-state index in [2.05, 4.69) is 0 Å². The summed E-state index contributed by atoms with van der Waals surface area (Å²) in [6.07, 6.45) is -0.741. The van der Waals surface area contributed by atoms with Crippen LogP contribution >= 0.6 is 0 Å². The van der Waals surface area contributed by atoms with Crippen LogP contribution in [0.4, 0.5) is 0 Å². The molecule has 0 amide bonds. The van der Waals surface area contributed by atoms with Gasteiger partial charge in [0.25, 0.3) is 0 Å². The fraction of sp³-hybridized carbons (Fsp3) is 1.00. The van der Waals surface area contributed by atoms with Crippen molar-refractivity contribution in [2.75, 3.05) is 13.7 Å². The summed E-state index contributed by atoms with van der Waals surface area (Å²) in [5.41, 5.74) is 0. The van der Waals surface area contributed by atoms with Gasteiger partial charge in [0.15, 0.2) is 0 Å². The van der Waals surface area contributed by atoms with Crippen LogP contribution in [-0.4, -0.2) is 48.3 Å². The summed E-state index contributed by atoms with van der Waals surface area (Å²) in [7, 11) is 1.54. The Kier molecular flexibility index (Phi) is 3.46. The average Bonchev–Trinajstić information content (AvgIpc) is 2.29. The van der Waals surface area contributed by atoms with Gasteiger partial charge in [-0.1, -0.05) is 0 Å². The number of hydrogen-bond acceptors (Lipinski definition) is 4. The lowest BCUT2D eigenvalue weighted by atomic mass is 10.1. The normalized spacial score (nSPS) is 42.0. The molecule has 0 aromatic carbocycles. The molecule has 0 saturated carbocycles. The third-order valence-corrected chi connectivity index (χ3v) is 2.26. The molecular formula is C8H16O4. The quantitative estimate of drug-likeness (QED) is 0.610. The molecule has 1 aliphatic rings. The van der Waals surface area contributed by atoms with Gasteiger partial charge in [-0.2, -0.15) is 0 Å². The minimum atomic E-state index is -0.577. The predicted octanol–water partition coefficient (Wildman–Crippen LogP) is -0.468. The van der Waals surface area contributed by atoms with Gasteiger partial charge in [-0.05, 0) is 13.3 Å². The Bertz CT molecular complexity index is 139. The zero-order valence-electron chi connectivity index (χ0n) is 7.43. The maximum Gasteiger partial charge on any atom is 0.112 e. The molecule has 0 aromatic heterocycles. The van der Waals surface area contributed by atoms with E-state index >= 15 is 0 Å². The molecule has 1 rings (SSSR count). The highest BCUT2D eigenvalue weighted by Gasteiger charge is 2.40. The third-order valence-electron chi connectivity index (χ3n) is 2.26. The number of aliphatic hydroxyl groups is 2. The van der Waals surface area contributed by atoms with Crippen LogP contribution in [0.3, 0.4) is 0 Å². The Balaban J connectivity index is 2.52. The second kappa shape index (κ2) is 4.18. The standard InChI is InChI=1S/C8H16O4/c1-5-7(10)8(11-2)6(12-5)3-4-9/h5-10H,3-4H2,1-2H3. The Morgan fingerprint density at radius 2 is 2.17 bits per heavy atom. The largest absolute Gasteiger partial charge is 0.396 e. The maximum atomic E-state index is 9.52. The van der Waals surface area contributed by atoms with E-state index in [1.165, 1.54) is 0 Å². The zero-order chi connectivity index (χ0) is 9.14. The van der Waals surface area contributed by atoms with Gasteiger partial charge in [0.05, 0.1) is 12.2 Å². The first-order valence-electron chi connectivity index (χ1n) is 4.18. The average molecular weight is 176 g/mol. The number of rotatable bonds is 3. The molecule has 0 aliphatic carbocycles. The highest BCUT2D eigenvalue weighted by atomic mass is 16.6. The van der Waals surface area contributed by atoms with Gasteiger partial charge < -0.3 is 19.7 Å². The lowest BCUT2D eigenvalue weighted by molar-refractivity contribution is -0.0194. The van der Waals surface area contributed by atoms with Crippen LogP contribution in [0.2, 0.25) is 0 Å². The van der Waals surface area contributed by atoms with Gasteiger partial charge in [0.2, 0.25) is 0 Å². The van der Waals surface area contributed by atoms with Crippen LogP contribution in [0.1, 0.15) is 13.3 Å². The van der Waals surface area contributed by atoms with Crippen LogP contribution in [0.15, 0.2) is 0 Å². The van der Waals surface area contributed by atoms with Crippen molar-refractivity contribution in [1.82, 2.24) is 0 Å². The third kappa shape index (κ3) is 1.77. The lowest BCUT2D eigenvalue weighted by Crippen LogP contribution is -2.34. The second-order valence-corrected chi connectivity index (χ2v) is 3.08. The first kappa shape index (κ1) is 9.92. The topological polar surface area (TPSA) is 58.9 Å². The first-order valence-corrected chi connectivity index (χ1v) is 4.18. The minimum Gasteiger partial charge on any atom is -0.396 e. The SMILES string of the molecule is COC1C(CCO)OC(C)C1O. The monoisotopic (exact) mass is 176 g/mol. The Hall–Kier alpha value is -0.160. The van der Waals surface area contributed by atoms with Gasteiger partial charge in [0.1, 0.15) is 12.2 Å². The number of ether oxygens (including phenoxy) is 2. The fourth-order valence-electron chi connectivity index (χ4n) is 1.57. The van der Waals surface area contributed by atoms with E-state index in [0.717, 1.165) is 0 Å². The van der Waals surface area contributed by atoms with E-state index in [9.17, 15) is 5.11 Å². The van der Waals surface area contributed by atoms with Crippen LogP contribution in [-0.2, 0) is 9.47 Å². The van der Waals surface area contributed by atoms with E-state index in [1.807, 2.05) is 0 Å². The van der Waals surface area contributed by atoms with Gasteiger partial charge in [0, 0.05) is 13.7 Å². The van der Waals surface area contributed by atoms with E-state index in [1.54, 1.807) is 14.0 Å². The number of methoxy groups -OCH3 is 1. The molecule has 4 unspecified atom stereocenters. The molecule has 1 fully saturated rings. The van der Waals surface area contributed by atoms with Crippen LogP contribution in [0.5, 0.6) is 0 Å². The molecule has 1 saturated heterocycles. The van der Waals surface area contributed by atoms with E-state index < -0.39 is 6.10 Å². The van der Waals surface area contributed by atoms with Gasteiger partial charge >= 0.3 is 0 Å². The van der Waals surface area contributed by atoms with Crippen LogP contribution < -0.4 is 0 Å². The fourth-order valence-corrected chi connectivity index (χ4v) is 1.57. The first-order chi connectivity index (χ1) is 5.70. The molecule has 1 aliphatic heterocycles. The molecule has 0 aromatic rings. The second-order valence-electron chi connectivity index (χ2n) is 3.08. The summed E-state index contributed by atoms with van der Waals surface area (Å²) in [5, 5.41) is 18.2. The van der Waals surface area contributed by atoms with E-state index in [0.29, 0.717) is 6.42 Å². The molecule has 4 heteroatoms. The van der Waals surface area contributed by atoms with Crippen LogP contribution in [0.25, 0.3) is 0 Å². The van der Waals surface area contributed by atoms with Crippen molar-refractivity contribution in [2.24, 2.45) is 0 Å². The molecule has 2 N–H and O–H groups in total. The molecule has 4 nitrogen and oxygen atoms in total. The van der Waals surface area contributed by atoms with Crippen molar-refractivity contribution in [3.63, 3.8) is 0 Å². The lowest BCUT2D eigenvalue weighted by Gasteiger charge is -2.17. The van der Waals surface area contributed by atoms with Crippen molar-refractivity contribution in [3.05, 3.63) is 0 Å². The molecule has 0 radical (unpaired) electrons. The van der Waals surface area contributed by atoms with Crippen molar-refractivity contribution in [2.45, 2.75) is 37.8 Å². The summed E-state index contributed by atoms with van der Waals surface area (Å²) in [4.78, 5) is 0. The molecule has 0 spiro atoms. The Morgan fingerprint density at radius 3 is 2.67 bits per heavy atom. The van der Waals surface area contributed by atoms with E-state index in [4.69, 9.17) is 14.6 Å². The zero-order valence-corrected chi connectivity index (χ0v) is 7.43.